The third-order valence-electron chi connectivity index (χ3n) is 2.43. The molecule has 0 fully saturated rings. The summed E-state index contributed by atoms with van der Waals surface area (Å²) in [6.07, 6.45) is 0.0150. The molecular weight excluding hydrogens is 174 g/mol. The fraction of sp³-hybridized carbons (Fsp3) is 0.500. The van der Waals surface area contributed by atoms with Crippen LogP contribution in [0, 0.1) is 13.8 Å². The average Bonchev–Trinajstić information content (AvgIpc) is 2.16. The van der Waals surface area contributed by atoms with E-state index < -0.39 is 0 Å². The van der Waals surface area contributed by atoms with Gasteiger partial charge in [-0.05, 0) is 31.5 Å². The molecule has 78 valence electrons. The van der Waals surface area contributed by atoms with Gasteiger partial charge in [-0.25, -0.2) is 0 Å². The fourth-order valence-corrected chi connectivity index (χ4v) is 1.73. The molecule has 1 aromatic rings. The average molecular weight is 193 g/mol. The molecule has 0 radical (unpaired) electrons. The minimum Gasteiger partial charge on any atom is -0.362 e. The Balaban J connectivity index is 3.02. The molecule has 0 heterocycles. The van der Waals surface area contributed by atoms with Crippen LogP contribution >= 0.6 is 0 Å². The molecule has 0 saturated carbocycles. The summed E-state index contributed by atoms with van der Waals surface area (Å²) in [6, 6.07) is 6.31. The van der Waals surface area contributed by atoms with Crippen LogP contribution in [0.15, 0.2) is 18.2 Å². The maximum Gasteiger partial charge on any atom is 0.134 e. The molecule has 14 heavy (non-hydrogen) atoms. The molecule has 0 amide bonds. The Bertz CT molecular complexity index is 276. The Hall–Kier alpha value is -0.860. The standard InChI is InChI=1S/C12H19NO/c1-5-13-12(14-4)11-9(2)7-6-8-10(11)3/h6-8,12-13H,5H2,1-4H3. The van der Waals surface area contributed by atoms with Crippen LogP contribution in [0.1, 0.15) is 29.8 Å². The summed E-state index contributed by atoms with van der Waals surface area (Å²) in [5.74, 6) is 0. The van der Waals surface area contributed by atoms with Gasteiger partial charge in [-0.2, -0.15) is 0 Å². The Labute approximate surface area is 86.3 Å². The molecule has 0 bridgehead atoms. The van der Waals surface area contributed by atoms with Crippen LogP contribution < -0.4 is 5.32 Å². The van der Waals surface area contributed by atoms with E-state index in [-0.39, 0.29) is 6.23 Å². The van der Waals surface area contributed by atoms with E-state index in [1.807, 2.05) is 0 Å². The van der Waals surface area contributed by atoms with E-state index >= 15 is 0 Å². The largest absolute Gasteiger partial charge is 0.362 e. The quantitative estimate of drug-likeness (QED) is 0.742. The van der Waals surface area contributed by atoms with Gasteiger partial charge in [0.25, 0.3) is 0 Å². The van der Waals surface area contributed by atoms with Gasteiger partial charge in [0.05, 0.1) is 0 Å². The molecule has 0 saturated heterocycles. The van der Waals surface area contributed by atoms with Crippen molar-refractivity contribution in [1.82, 2.24) is 5.32 Å². The van der Waals surface area contributed by atoms with E-state index in [9.17, 15) is 0 Å². The van der Waals surface area contributed by atoms with E-state index in [1.54, 1.807) is 7.11 Å². The summed E-state index contributed by atoms with van der Waals surface area (Å²) < 4.78 is 5.43. The SMILES string of the molecule is CCNC(OC)c1c(C)cccc1C. The Morgan fingerprint density at radius 2 is 1.86 bits per heavy atom. The minimum absolute atomic E-state index is 0.0150. The van der Waals surface area contributed by atoms with Crippen LogP contribution in [0.2, 0.25) is 0 Å². The number of hydrogen-bond acceptors (Lipinski definition) is 2. The second-order valence-corrected chi connectivity index (χ2v) is 3.48. The van der Waals surface area contributed by atoms with Crippen LogP contribution in [0.3, 0.4) is 0 Å². The maximum atomic E-state index is 5.43. The number of rotatable bonds is 4. The van der Waals surface area contributed by atoms with E-state index in [0.29, 0.717) is 0 Å². The molecule has 0 aliphatic heterocycles. The van der Waals surface area contributed by atoms with Crippen LogP contribution in [-0.4, -0.2) is 13.7 Å². The fourth-order valence-electron chi connectivity index (χ4n) is 1.73. The highest BCUT2D eigenvalue weighted by molar-refractivity contribution is 5.35. The summed E-state index contributed by atoms with van der Waals surface area (Å²) in [6.45, 7) is 7.23. The Morgan fingerprint density at radius 3 is 2.29 bits per heavy atom. The predicted octanol–water partition coefficient (Wildman–Crippen LogP) is 2.56. The molecule has 0 spiro atoms. The molecule has 2 heteroatoms. The number of methoxy groups -OCH3 is 1. The van der Waals surface area contributed by atoms with Crippen molar-refractivity contribution in [3.8, 4) is 0 Å². The zero-order chi connectivity index (χ0) is 10.6. The summed E-state index contributed by atoms with van der Waals surface area (Å²) in [5, 5.41) is 3.31. The van der Waals surface area contributed by atoms with Crippen LogP contribution in [0.5, 0.6) is 0 Å². The van der Waals surface area contributed by atoms with Crippen molar-refractivity contribution in [3.63, 3.8) is 0 Å². The topological polar surface area (TPSA) is 21.3 Å². The normalized spacial score (nSPS) is 12.9. The van der Waals surface area contributed by atoms with Crippen molar-refractivity contribution >= 4 is 0 Å². The predicted molar refractivity (Wildman–Crippen MR) is 59.3 cm³/mol. The Morgan fingerprint density at radius 1 is 1.29 bits per heavy atom. The second kappa shape index (κ2) is 5.13. The summed E-state index contributed by atoms with van der Waals surface area (Å²) in [5.41, 5.74) is 3.81. The van der Waals surface area contributed by atoms with Crippen LogP contribution in [0.25, 0.3) is 0 Å². The molecule has 2 nitrogen and oxygen atoms in total. The lowest BCUT2D eigenvalue weighted by Crippen LogP contribution is -2.23. The van der Waals surface area contributed by atoms with E-state index in [0.717, 1.165) is 6.54 Å². The first-order valence-corrected chi connectivity index (χ1v) is 5.03. The van der Waals surface area contributed by atoms with Crippen molar-refractivity contribution < 1.29 is 4.74 Å². The van der Waals surface area contributed by atoms with E-state index in [4.69, 9.17) is 4.74 Å². The van der Waals surface area contributed by atoms with E-state index in [2.05, 4.69) is 44.3 Å². The first-order chi connectivity index (χ1) is 6.70. The highest BCUT2D eigenvalue weighted by Crippen LogP contribution is 2.21. The molecule has 1 atom stereocenters. The molecule has 1 aromatic carbocycles. The maximum absolute atomic E-state index is 5.43. The number of benzene rings is 1. The number of ether oxygens (including phenoxy) is 1. The first-order valence-electron chi connectivity index (χ1n) is 5.03. The summed E-state index contributed by atoms with van der Waals surface area (Å²) in [4.78, 5) is 0. The summed E-state index contributed by atoms with van der Waals surface area (Å²) in [7, 11) is 1.74. The molecule has 1 unspecified atom stereocenters. The lowest BCUT2D eigenvalue weighted by Gasteiger charge is -2.20. The third-order valence-corrected chi connectivity index (χ3v) is 2.43. The Kier molecular flexibility index (Phi) is 4.11. The van der Waals surface area contributed by atoms with Crippen molar-refractivity contribution in [2.45, 2.75) is 27.0 Å². The number of hydrogen-bond donors (Lipinski definition) is 1. The van der Waals surface area contributed by atoms with Gasteiger partial charge in [0, 0.05) is 12.7 Å². The number of aryl methyl sites for hydroxylation is 2. The zero-order valence-corrected chi connectivity index (χ0v) is 9.42. The van der Waals surface area contributed by atoms with Crippen molar-refractivity contribution in [2.24, 2.45) is 0 Å². The molecule has 1 N–H and O–H groups in total. The molecule has 0 aliphatic rings. The van der Waals surface area contributed by atoms with Gasteiger partial charge in [-0.3, -0.25) is 5.32 Å². The lowest BCUT2D eigenvalue weighted by atomic mass is 10.0. The van der Waals surface area contributed by atoms with Gasteiger partial charge >= 0.3 is 0 Å². The molecule has 0 aliphatic carbocycles. The van der Waals surface area contributed by atoms with Gasteiger partial charge in [0.2, 0.25) is 0 Å². The van der Waals surface area contributed by atoms with Crippen molar-refractivity contribution in [1.29, 1.82) is 0 Å². The third kappa shape index (κ3) is 2.34. The van der Waals surface area contributed by atoms with Gasteiger partial charge in [-0.15, -0.1) is 0 Å². The molecule has 1 rings (SSSR count). The van der Waals surface area contributed by atoms with Gasteiger partial charge in [0.15, 0.2) is 0 Å². The zero-order valence-electron chi connectivity index (χ0n) is 9.42. The van der Waals surface area contributed by atoms with E-state index in [1.165, 1.54) is 16.7 Å². The monoisotopic (exact) mass is 193 g/mol. The van der Waals surface area contributed by atoms with Crippen LogP contribution in [-0.2, 0) is 4.74 Å². The van der Waals surface area contributed by atoms with Crippen molar-refractivity contribution in [3.05, 3.63) is 34.9 Å². The van der Waals surface area contributed by atoms with Gasteiger partial charge in [-0.1, -0.05) is 25.1 Å². The van der Waals surface area contributed by atoms with Crippen LogP contribution in [0.4, 0.5) is 0 Å². The van der Waals surface area contributed by atoms with Gasteiger partial charge in [0.1, 0.15) is 6.23 Å². The lowest BCUT2D eigenvalue weighted by molar-refractivity contribution is 0.0745. The highest BCUT2D eigenvalue weighted by atomic mass is 16.5. The minimum atomic E-state index is 0.0150. The van der Waals surface area contributed by atoms with Crippen molar-refractivity contribution in [2.75, 3.05) is 13.7 Å². The highest BCUT2D eigenvalue weighted by Gasteiger charge is 2.13. The number of nitrogens with one attached hydrogen (secondary N) is 1. The second-order valence-electron chi connectivity index (χ2n) is 3.48. The van der Waals surface area contributed by atoms with Gasteiger partial charge < -0.3 is 4.74 Å². The smallest absolute Gasteiger partial charge is 0.134 e. The first kappa shape index (κ1) is 11.2. The molecular formula is C12H19NO. The summed E-state index contributed by atoms with van der Waals surface area (Å²) >= 11 is 0. The molecule has 0 aromatic heterocycles.